The molecule has 1 aromatic carbocycles. The van der Waals surface area contributed by atoms with Gasteiger partial charge < -0.3 is 10.2 Å². The highest BCUT2D eigenvalue weighted by atomic mass is 16.1. The predicted molar refractivity (Wildman–Crippen MR) is 110 cm³/mol. The maximum Gasteiger partial charge on any atom is 0.227 e. The second-order valence-electron chi connectivity index (χ2n) is 7.14. The fourth-order valence-electron chi connectivity index (χ4n) is 3.41. The summed E-state index contributed by atoms with van der Waals surface area (Å²) in [6.45, 7) is 3.63. The Kier molecular flexibility index (Phi) is 5.28. The predicted octanol–water partition coefficient (Wildman–Crippen LogP) is 3.70. The van der Waals surface area contributed by atoms with Crippen LogP contribution in [0.25, 0.3) is 11.3 Å². The van der Waals surface area contributed by atoms with Gasteiger partial charge in [0.25, 0.3) is 0 Å². The minimum absolute atomic E-state index is 0.0279. The van der Waals surface area contributed by atoms with Crippen LogP contribution in [0.15, 0.2) is 60.9 Å². The van der Waals surface area contributed by atoms with E-state index in [-0.39, 0.29) is 11.8 Å². The van der Waals surface area contributed by atoms with Crippen LogP contribution in [-0.4, -0.2) is 34.2 Å². The molecule has 1 saturated heterocycles. The first kappa shape index (κ1) is 18.1. The van der Waals surface area contributed by atoms with Gasteiger partial charge in [-0.1, -0.05) is 17.7 Å². The highest BCUT2D eigenvalue weighted by Crippen LogP contribution is 2.24. The molecule has 28 heavy (non-hydrogen) atoms. The summed E-state index contributed by atoms with van der Waals surface area (Å²) < 4.78 is 0. The number of hydrogen-bond acceptors (Lipinski definition) is 5. The van der Waals surface area contributed by atoms with Gasteiger partial charge in [0.15, 0.2) is 5.82 Å². The zero-order valence-electron chi connectivity index (χ0n) is 15.9. The lowest BCUT2D eigenvalue weighted by Gasteiger charge is -2.31. The van der Waals surface area contributed by atoms with Crippen molar-refractivity contribution in [1.29, 1.82) is 0 Å². The first-order chi connectivity index (χ1) is 13.7. The Morgan fingerprint density at radius 1 is 1.04 bits per heavy atom. The van der Waals surface area contributed by atoms with Crippen LogP contribution in [0.3, 0.4) is 0 Å². The van der Waals surface area contributed by atoms with E-state index in [2.05, 4.69) is 25.4 Å². The van der Waals surface area contributed by atoms with E-state index in [0.717, 1.165) is 48.7 Å². The third-order valence-electron chi connectivity index (χ3n) is 5.12. The average Bonchev–Trinajstić information content (AvgIpc) is 2.76. The number of piperidine rings is 1. The number of rotatable bonds is 4. The van der Waals surface area contributed by atoms with E-state index < -0.39 is 0 Å². The number of pyridine rings is 1. The Bertz CT molecular complexity index is 917. The number of hydrogen-bond donors (Lipinski definition) is 1. The second kappa shape index (κ2) is 8.17. The molecule has 1 amide bonds. The van der Waals surface area contributed by atoms with Crippen molar-refractivity contribution >= 4 is 17.4 Å². The highest BCUT2D eigenvalue weighted by molar-refractivity contribution is 5.92. The van der Waals surface area contributed by atoms with E-state index in [1.165, 1.54) is 5.56 Å². The van der Waals surface area contributed by atoms with Crippen LogP contribution in [0.4, 0.5) is 11.5 Å². The summed E-state index contributed by atoms with van der Waals surface area (Å²) in [4.78, 5) is 18.8. The summed E-state index contributed by atoms with van der Waals surface area (Å²) in [5.74, 6) is 0.978. The van der Waals surface area contributed by atoms with Crippen molar-refractivity contribution in [2.45, 2.75) is 19.8 Å². The summed E-state index contributed by atoms with van der Waals surface area (Å²) in [5.41, 5.74) is 3.80. The van der Waals surface area contributed by atoms with Crippen molar-refractivity contribution in [2.75, 3.05) is 23.3 Å². The number of nitrogens with zero attached hydrogens (tertiary/aromatic N) is 4. The lowest BCUT2D eigenvalue weighted by Crippen LogP contribution is -2.38. The van der Waals surface area contributed by atoms with Crippen LogP contribution in [0.5, 0.6) is 0 Å². The number of carbonyl (C=O) groups excluding carboxylic acids is 1. The summed E-state index contributed by atoms with van der Waals surface area (Å²) in [5, 5.41) is 11.7. The van der Waals surface area contributed by atoms with E-state index in [1.807, 2.05) is 55.5 Å². The SMILES string of the molecule is Cc1ccc(NC(=O)C2CCN(c3ccc(-c4cccnc4)nn3)CC2)cc1. The fraction of sp³-hybridized carbons (Fsp3) is 0.273. The molecule has 142 valence electrons. The normalized spacial score (nSPS) is 14.7. The van der Waals surface area contributed by atoms with E-state index in [0.29, 0.717) is 0 Å². The Labute approximate surface area is 164 Å². The van der Waals surface area contributed by atoms with Crippen molar-refractivity contribution in [3.63, 3.8) is 0 Å². The maximum absolute atomic E-state index is 12.5. The van der Waals surface area contributed by atoms with Crippen LogP contribution < -0.4 is 10.2 Å². The van der Waals surface area contributed by atoms with Gasteiger partial charge in [0.2, 0.25) is 5.91 Å². The summed E-state index contributed by atoms with van der Waals surface area (Å²) in [6.07, 6.45) is 5.14. The van der Waals surface area contributed by atoms with Crippen molar-refractivity contribution in [3.8, 4) is 11.3 Å². The van der Waals surface area contributed by atoms with Gasteiger partial charge in [0, 0.05) is 42.7 Å². The van der Waals surface area contributed by atoms with Gasteiger partial charge in [0.1, 0.15) is 0 Å². The van der Waals surface area contributed by atoms with Gasteiger partial charge in [0.05, 0.1) is 5.69 Å². The highest BCUT2D eigenvalue weighted by Gasteiger charge is 2.25. The quantitative estimate of drug-likeness (QED) is 0.755. The summed E-state index contributed by atoms with van der Waals surface area (Å²) in [7, 11) is 0. The molecule has 0 saturated carbocycles. The van der Waals surface area contributed by atoms with E-state index >= 15 is 0 Å². The largest absolute Gasteiger partial charge is 0.355 e. The summed E-state index contributed by atoms with van der Waals surface area (Å²) in [6, 6.07) is 15.7. The van der Waals surface area contributed by atoms with Crippen molar-refractivity contribution in [2.24, 2.45) is 5.92 Å². The standard InChI is InChI=1S/C22H23N5O/c1-16-4-6-19(7-5-16)24-22(28)17-10-13-27(14-11-17)21-9-8-20(25-26-21)18-3-2-12-23-15-18/h2-9,12,15,17H,10-11,13-14H2,1H3,(H,24,28). The van der Waals surface area contributed by atoms with Gasteiger partial charge in [-0.05, 0) is 56.2 Å². The van der Waals surface area contributed by atoms with Crippen LogP contribution in [0.2, 0.25) is 0 Å². The molecular formula is C22H23N5O. The summed E-state index contributed by atoms with van der Waals surface area (Å²) >= 11 is 0. The number of amides is 1. The van der Waals surface area contributed by atoms with E-state index in [4.69, 9.17) is 0 Å². The molecule has 3 heterocycles. The molecule has 2 aromatic heterocycles. The van der Waals surface area contributed by atoms with Gasteiger partial charge >= 0.3 is 0 Å². The minimum Gasteiger partial charge on any atom is -0.355 e. The molecule has 0 spiro atoms. The number of nitrogens with one attached hydrogen (secondary N) is 1. The molecule has 6 heteroatoms. The topological polar surface area (TPSA) is 71.0 Å². The number of anilines is 2. The molecule has 0 atom stereocenters. The molecule has 1 N–H and O–H groups in total. The lowest BCUT2D eigenvalue weighted by molar-refractivity contribution is -0.120. The van der Waals surface area contributed by atoms with E-state index in [1.54, 1.807) is 12.4 Å². The number of carbonyl (C=O) groups is 1. The first-order valence-corrected chi connectivity index (χ1v) is 9.56. The fourth-order valence-corrected chi connectivity index (χ4v) is 3.41. The molecule has 0 radical (unpaired) electrons. The molecule has 3 aromatic rings. The van der Waals surface area contributed by atoms with Crippen LogP contribution in [0.1, 0.15) is 18.4 Å². The molecular weight excluding hydrogens is 350 g/mol. The smallest absolute Gasteiger partial charge is 0.227 e. The Morgan fingerprint density at radius 2 is 1.82 bits per heavy atom. The Hall–Kier alpha value is -3.28. The van der Waals surface area contributed by atoms with Crippen LogP contribution in [-0.2, 0) is 4.79 Å². The first-order valence-electron chi connectivity index (χ1n) is 9.56. The molecule has 1 fully saturated rings. The lowest BCUT2D eigenvalue weighted by atomic mass is 9.95. The van der Waals surface area contributed by atoms with Crippen molar-refractivity contribution < 1.29 is 4.79 Å². The number of aryl methyl sites for hydroxylation is 1. The Balaban J connectivity index is 1.33. The zero-order valence-corrected chi connectivity index (χ0v) is 15.9. The molecule has 1 aliphatic heterocycles. The molecule has 4 rings (SSSR count). The van der Waals surface area contributed by atoms with Gasteiger partial charge in [-0.25, -0.2) is 0 Å². The zero-order chi connectivity index (χ0) is 19.3. The maximum atomic E-state index is 12.5. The third-order valence-corrected chi connectivity index (χ3v) is 5.12. The second-order valence-corrected chi connectivity index (χ2v) is 7.14. The van der Waals surface area contributed by atoms with Gasteiger partial charge in [-0.3, -0.25) is 9.78 Å². The van der Waals surface area contributed by atoms with Gasteiger partial charge in [-0.15, -0.1) is 10.2 Å². The molecule has 6 nitrogen and oxygen atoms in total. The molecule has 0 unspecified atom stereocenters. The molecule has 0 bridgehead atoms. The van der Waals surface area contributed by atoms with E-state index in [9.17, 15) is 4.79 Å². The number of aromatic nitrogens is 3. The van der Waals surface area contributed by atoms with Gasteiger partial charge in [-0.2, -0.15) is 0 Å². The van der Waals surface area contributed by atoms with Crippen LogP contribution >= 0.6 is 0 Å². The average molecular weight is 373 g/mol. The molecule has 1 aliphatic rings. The van der Waals surface area contributed by atoms with Crippen molar-refractivity contribution in [1.82, 2.24) is 15.2 Å². The third kappa shape index (κ3) is 4.17. The molecule has 0 aliphatic carbocycles. The monoisotopic (exact) mass is 373 g/mol. The van der Waals surface area contributed by atoms with Crippen molar-refractivity contribution in [3.05, 3.63) is 66.5 Å². The van der Waals surface area contributed by atoms with Crippen LogP contribution in [0, 0.1) is 12.8 Å². The number of benzene rings is 1. The minimum atomic E-state index is 0.0279. The Morgan fingerprint density at radius 3 is 2.46 bits per heavy atom.